The van der Waals surface area contributed by atoms with Gasteiger partial charge in [0.25, 0.3) is 5.91 Å². The number of amides is 1. The van der Waals surface area contributed by atoms with Gasteiger partial charge in [-0.2, -0.15) is 8.78 Å². The zero-order chi connectivity index (χ0) is 24.9. The molecule has 2 N–H and O–H groups in total. The maximum Gasteiger partial charge on any atom is 0.387 e. The van der Waals surface area contributed by atoms with Crippen molar-refractivity contribution in [3.8, 4) is 22.6 Å². The summed E-state index contributed by atoms with van der Waals surface area (Å²) in [7, 11) is -2.17. The molecule has 0 aliphatic carbocycles. The van der Waals surface area contributed by atoms with Gasteiger partial charge in [-0.1, -0.05) is 12.1 Å². The summed E-state index contributed by atoms with van der Waals surface area (Å²) >= 11 is 0. The highest BCUT2D eigenvalue weighted by molar-refractivity contribution is 7.89. The molecule has 0 fully saturated rings. The molecule has 0 spiro atoms. The van der Waals surface area contributed by atoms with Crippen molar-refractivity contribution in [1.29, 1.82) is 0 Å². The van der Waals surface area contributed by atoms with Gasteiger partial charge < -0.3 is 14.8 Å². The predicted molar refractivity (Wildman–Crippen MR) is 125 cm³/mol. The van der Waals surface area contributed by atoms with Gasteiger partial charge in [0.15, 0.2) is 0 Å². The molecule has 0 heterocycles. The molecule has 7 nitrogen and oxygen atoms in total. The number of hydrogen-bond acceptors (Lipinski definition) is 5. The third-order valence-corrected chi connectivity index (χ3v) is 6.35. The summed E-state index contributed by atoms with van der Waals surface area (Å²) < 4.78 is 62.5. The van der Waals surface area contributed by atoms with Crippen LogP contribution in [-0.2, 0) is 10.0 Å². The van der Waals surface area contributed by atoms with E-state index in [2.05, 4.69) is 14.8 Å². The van der Waals surface area contributed by atoms with Crippen LogP contribution in [-0.4, -0.2) is 34.1 Å². The molecule has 3 rings (SSSR count). The zero-order valence-corrected chi connectivity index (χ0v) is 19.5. The first-order valence-electron chi connectivity index (χ1n) is 10.3. The number of methoxy groups -OCH3 is 1. The predicted octanol–water partition coefficient (Wildman–Crippen LogP) is 4.90. The summed E-state index contributed by atoms with van der Waals surface area (Å²) in [6.45, 7) is 0.395. The molecule has 10 heteroatoms. The van der Waals surface area contributed by atoms with E-state index in [9.17, 15) is 22.0 Å². The first-order chi connectivity index (χ1) is 16.1. The second-order valence-corrected chi connectivity index (χ2v) is 9.29. The number of carbonyl (C=O) groups is 1. The second kappa shape index (κ2) is 10.6. The molecule has 34 heavy (non-hydrogen) atoms. The Balaban J connectivity index is 1.85. The minimum absolute atomic E-state index is 0.0352. The first-order valence-corrected chi connectivity index (χ1v) is 11.7. The van der Waals surface area contributed by atoms with Crippen molar-refractivity contribution in [3.63, 3.8) is 0 Å². The van der Waals surface area contributed by atoms with Crippen molar-refractivity contribution in [1.82, 2.24) is 4.72 Å². The Hall–Kier alpha value is -3.50. The molecule has 0 atom stereocenters. The Kier molecular flexibility index (Phi) is 7.85. The maximum atomic E-state index is 12.9. The smallest absolute Gasteiger partial charge is 0.387 e. The number of rotatable bonds is 9. The van der Waals surface area contributed by atoms with Crippen LogP contribution in [0.25, 0.3) is 11.1 Å². The number of hydrogen-bond donors (Lipinski definition) is 2. The lowest BCUT2D eigenvalue weighted by Crippen LogP contribution is -2.30. The first kappa shape index (κ1) is 25.1. The summed E-state index contributed by atoms with van der Waals surface area (Å²) in [5.41, 5.74) is 1.50. The summed E-state index contributed by atoms with van der Waals surface area (Å²) in [6, 6.07) is 16.2. The fraction of sp³-hybridized carbons (Fsp3) is 0.208. The average Bonchev–Trinajstić information content (AvgIpc) is 2.79. The van der Waals surface area contributed by atoms with Gasteiger partial charge in [-0.15, -0.1) is 0 Å². The summed E-state index contributed by atoms with van der Waals surface area (Å²) in [5.74, 6) is 0.0490. The third kappa shape index (κ3) is 6.30. The van der Waals surface area contributed by atoms with Crippen molar-refractivity contribution in [3.05, 3.63) is 72.3 Å². The van der Waals surface area contributed by atoms with Crippen LogP contribution in [0.3, 0.4) is 0 Å². The van der Waals surface area contributed by atoms with Crippen LogP contribution in [0.1, 0.15) is 24.2 Å². The van der Waals surface area contributed by atoms with Crippen LogP contribution >= 0.6 is 0 Å². The lowest BCUT2D eigenvalue weighted by molar-refractivity contribution is -0.0494. The van der Waals surface area contributed by atoms with Gasteiger partial charge in [-0.25, -0.2) is 13.1 Å². The van der Waals surface area contributed by atoms with Crippen molar-refractivity contribution in [2.24, 2.45) is 0 Å². The topological polar surface area (TPSA) is 93.7 Å². The van der Waals surface area contributed by atoms with Gasteiger partial charge in [-0.05, 0) is 74.0 Å². The van der Waals surface area contributed by atoms with E-state index in [1.54, 1.807) is 38.1 Å². The molecule has 180 valence electrons. The van der Waals surface area contributed by atoms with E-state index >= 15 is 0 Å². The molecule has 0 saturated heterocycles. The van der Waals surface area contributed by atoms with Crippen LogP contribution in [0, 0.1) is 0 Å². The fourth-order valence-electron chi connectivity index (χ4n) is 3.17. The summed E-state index contributed by atoms with van der Waals surface area (Å²) in [5, 5.41) is 2.69. The molecule has 0 bridgehead atoms. The number of benzene rings is 3. The van der Waals surface area contributed by atoms with E-state index in [0.717, 1.165) is 0 Å². The van der Waals surface area contributed by atoms with E-state index < -0.39 is 22.5 Å². The molecule has 0 unspecified atom stereocenters. The number of anilines is 1. The molecular weight excluding hydrogens is 466 g/mol. The van der Waals surface area contributed by atoms with Gasteiger partial charge in [-0.3, -0.25) is 4.79 Å². The minimum atomic E-state index is -3.68. The van der Waals surface area contributed by atoms with Crippen LogP contribution < -0.4 is 19.5 Å². The molecule has 0 radical (unpaired) electrons. The van der Waals surface area contributed by atoms with E-state index in [4.69, 9.17) is 4.74 Å². The van der Waals surface area contributed by atoms with Gasteiger partial charge in [0.05, 0.1) is 12.0 Å². The number of halogens is 2. The molecule has 0 aliphatic rings. The highest BCUT2D eigenvalue weighted by atomic mass is 32.2. The molecule has 3 aromatic rings. The zero-order valence-electron chi connectivity index (χ0n) is 18.7. The monoisotopic (exact) mass is 490 g/mol. The quantitative estimate of drug-likeness (QED) is 0.445. The van der Waals surface area contributed by atoms with Crippen molar-refractivity contribution in [2.75, 3.05) is 12.4 Å². The van der Waals surface area contributed by atoms with Crippen LogP contribution in [0.2, 0.25) is 0 Å². The van der Waals surface area contributed by atoms with Crippen molar-refractivity contribution in [2.45, 2.75) is 31.4 Å². The number of sulfonamides is 1. The standard InChI is InChI=1S/C24H24F2N2O5S/c1-15(2)28-34(30,31)20-11-6-17(7-12-20)23(29)27-18-8-13-22(33-24(25)26)21(14-18)16-4-9-19(32-3)10-5-16/h4-15,24,28H,1-3H3,(H,27,29). The van der Waals surface area contributed by atoms with Crippen molar-refractivity contribution >= 4 is 21.6 Å². The molecule has 0 aromatic heterocycles. The number of alkyl halides is 2. The summed E-state index contributed by atoms with van der Waals surface area (Å²) in [4.78, 5) is 12.7. The van der Waals surface area contributed by atoms with E-state index in [1.165, 1.54) is 49.6 Å². The SMILES string of the molecule is COc1ccc(-c2cc(NC(=O)c3ccc(S(=O)(=O)NC(C)C)cc3)ccc2OC(F)F)cc1. The van der Waals surface area contributed by atoms with Crippen LogP contribution in [0.4, 0.5) is 14.5 Å². The van der Waals surface area contributed by atoms with Gasteiger partial charge in [0.1, 0.15) is 11.5 Å². The second-order valence-electron chi connectivity index (χ2n) is 7.57. The Morgan fingerprint density at radius 1 is 0.941 bits per heavy atom. The van der Waals surface area contributed by atoms with Gasteiger partial charge in [0, 0.05) is 22.9 Å². The number of carbonyl (C=O) groups excluding carboxylic acids is 1. The number of nitrogens with one attached hydrogen (secondary N) is 2. The van der Waals surface area contributed by atoms with E-state index in [1.807, 2.05) is 0 Å². The lowest BCUT2D eigenvalue weighted by atomic mass is 10.0. The lowest BCUT2D eigenvalue weighted by Gasteiger charge is -2.14. The molecule has 0 aliphatic heterocycles. The molecule has 1 amide bonds. The largest absolute Gasteiger partial charge is 0.497 e. The Morgan fingerprint density at radius 2 is 1.59 bits per heavy atom. The van der Waals surface area contributed by atoms with E-state index in [-0.39, 0.29) is 22.3 Å². The normalized spacial score (nSPS) is 11.5. The molecular formula is C24H24F2N2O5S. The van der Waals surface area contributed by atoms with Crippen LogP contribution in [0.5, 0.6) is 11.5 Å². The highest BCUT2D eigenvalue weighted by Gasteiger charge is 2.17. The van der Waals surface area contributed by atoms with Gasteiger partial charge >= 0.3 is 6.61 Å². The van der Waals surface area contributed by atoms with Crippen LogP contribution in [0.15, 0.2) is 71.6 Å². The fourth-order valence-corrected chi connectivity index (χ4v) is 4.42. The highest BCUT2D eigenvalue weighted by Crippen LogP contribution is 2.34. The third-order valence-electron chi connectivity index (χ3n) is 4.67. The Bertz CT molecular complexity index is 1250. The van der Waals surface area contributed by atoms with Crippen molar-refractivity contribution < 1.29 is 31.5 Å². The maximum absolute atomic E-state index is 12.9. The average molecular weight is 491 g/mol. The summed E-state index contributed by atoms with van der Waals surface area (Å²) in [6.07, 6.45) is 0. The molecule has 0 saturated carbocycles. The molecule has 3 aromatic carbocycles. The number of ether oxygens (including phenoxy) is 2. The minimum Gasteiger partial charge on any atom is -0.497 e. The van der Waals surface area contributed by atoms with Gasteiger partial charge in [0.2, 0.25) is 10.0 Å². The Labute approximate surface area is 196 Å². The van der Waals surface area contributed by atoms with E-state index in [0.29, 0.717) is 22.6 Å². The Morgan fingerprint density at radius 3 is 2.15 bits per heavy atom.